The molecule has 3 amide bonds. The fourth-order valence-corrected chi connectivity index (χ4v) is 4.53. The van der Waals surface area contributed by atoms with Crippen molar-refractivity contribution in [2.45, 2.75) is 32.1 Å². The van der Waals surface area contributed by atoms with E-state index in [0.717, 1.165) is 31.2 Å². The maximum absolute atomic E-state index is 12.9. The second-order valence-electron chi connectivity index (χ2n) is 8.12. The van der Waals surface area contributed by atoms with Crippen LogP contribution >= 0.6 is 0 Å². The highest BCUT2D eigenvalue weighted by Crippen LogP contribution is 2.33. The summed E-state index contributed by atoms with van der Waals surface area (Å²) in [6, 6.07) is 13.8. The van der Waals surface area contributed by atoms with Crippen LogP contribution in [0.5, 0.6) is 5.75 Å². The van der Waals surface area contributed by atoms with Gasteiger partial charge in [-0.2, -0.15) is 0 Å². The number of carbonyl (C=O) groups excluding carboxylic acids is 3. The highest BCUT2D eigenvalue weighted by atomic mass is 16.3. The van der Waals surface area contributed by atoms with E-state index in [4.69, 9.17) is 0 Å². The molecule has 156 valence electrons. The van der Waals surface area contributed by atoms with Crippen LogP contribution in [-0.2, 0) is 11.2 Å². The summed E-state index contributed by atoms with van der Waals surface area (Å²) >= 11 is 0. The topological polar surface area (TPSA) is 86.7 Å². The summed E-state index contributed by atoms with van der Waals surface area (Å²) in [5.41, 5.74) is 1.95. The summed E-state index contributed by atoms with van der Waals surface area (Å²) < 4.78 is 0. The van der Waals surface area contributed by atoms with Gasteiger partial charge in [0.2, 0.25) is 5.91 Å². The minimum Gasteiger partial charge on any atom is -0.508 e. The molecule has 2 N–H and O–H groups in total. The molecule has 4 rings (SSSR count). The third kappa shape index (κ3) is 4.08. The van der Waals surface area contributed by atoms with Crippen molar-refractivity contribution >= 4 is 17.7 Å². The average Bonchev–Trinajstić information content (AvgIpc) is 3.00. The van der Waals surface area contributed by atoms with Crippen LogP contribution < -0.4 is 5.32 Å². The third-order valence-electron chi connectivity index (χ3n) is 6.19. The fraction of sp³-hybridized carbons (Fsp3) is 0.375. The summed E-state index contributed by atoms with van der Waals surface area (Å²) in [6.07, 6.45) is 4.28. The number of aromatic hydroxyl groups is 1. The lowest BCUT2D eigenvalue weighted by atomic mass is 9.78. The van der Waals surface area contributed by atoms with E-state index >= 15 is 0 Å². The number of nitrogens with zero attached hydrogens (tertiary/aromatic N) is 1. The fourth-order valence-electron chi connectivity index (χ4n) is 4.53. The van der Waals surface area contributed by atoms with Crippen molar-refractivity contribution in [2.24, 2.45) is 11.8 Å². The quantitative estimate of drug-likeness (QED) is 0.722. The van der Waals surface area contributed by atoms with Crippen LogP contribution in [0, 0.1) is 11.8 Å². The predicted octanol–water partition coefficient (Wildman–Crippen LogP) is 3.15. The lowest BCUT2D eigenvalue weighted by Gasteiger charge is -2.32. The number of fused-ring (bicyclic) bond motifs is 1. The molecule has 0 bridgehead atoms. The van der Waals surface area contributed by atoms with E-state index in [-0.39, 0.29) is 35.3 Å². The third-order valence-corrected chi connectivity index (χ3v) is 6.19. The normalized spacial score (nSPS) is 20.9. The van der Waals surface area contributed by atoms with Gasteiger partial charge in [-0.25, -0.2) is 0 Å². The highest BCUT2D eigenvalue weighted by molar-refractivity contribution is 6.21. The minimum absolute atomic E-state index is 0.00455. The standard InChI is InChI=1S/C24H26N2O4/c27-18-11-9-16(10-12-18)13-14-25-22(28)19-6-2-1-5-17(19)15-26-23(29)20-7-3-4-8-21(20)24(26)30/h3-4,7-12,17,19,27H,1-2,5-6,13-15H2,(H,25,28). The Morgan fingerprint density at radius 2 is 1.60 bits per heavy atom. The molecule has 0 spiro atoms. The molecule has 0 radical (unpaired) electrons. The maximum atomic E-state index is 12.9. The first kappa shape index (κ1) is 20.1. The molecule has 2 aromatic carbocycles. The molecule has 0 saturated heterocycles. The summed E-state index contributed by atoms with van der Waals surface area (Å²) in [5.74, 6) is -0.506. The molecule has 6 heteroatoms. The van der Waals surface area contributed by atoms with Crippen molar-refractivity contribution in [3.05, 3.63) is 65.2 Å². The zero-order chi connectivity index (χ0) is 21.1. The van der Waals surface area contributed by atoms with Gasteiger partial charge >= 0.3 is 0 Å². The minimum atomic E-state index is -0.257. The van der Waals surface area contributed by atoms with Crippen LogP contribution in [0.1, 0.15) is 52.0 Å². The average molecular weight is 406 g/mol. The zero-order valence-electron chi connectivity index (χ0n) is 16.8. The molecule has 30 heavy (non-hydrogen) atoms. The van der Waals surface area contributed by atoms with E-state index < -0.39 is 0 Å². The van der Waals surface area contributed by atoms with Gasteiger partial charge in [0.15, 0.2) is 0 Å². The van der Waals surface area contributed by atoms with Gasteiger partial charge in [-0.05, 0) is 55.0 Å². The summed E-state index contributed by atoms with van der Waals surface area (Å²) in [6.45, 7) is 0.808. The summed E-state index contributed by atoms with van der Waals surface area (Å²) in [4.78, 5) is 39.6. The molecule has 2 unspecified atom stereocenters. The first-order valence-corrected chi connectivity index (χ1v) is 10.6. The number of phenols is 1. The number of hydrogen-bond donors (Lipinski definition) is 2. The monoisotopic (exact) mass is 406 g/mol. The molecule has 1 aliphatic carbocycles. The largest absolute Gasteiger partial charge is 0.508 e. The molecular formula is C24H26N2O4. The SMILES string of the molecule is O=C(NCCc1ccc(O)cc1)C1CCCCC1CN1C(=O)c2ccccc2C1=O. The second kappa shape index (κ2) is 8.69. The number of phenolic OH excluding ortho intramolecular Hbond substituents is 1. The number of carbonyl (C=O) groups is 3. The van der Waals surface area contributed by atoms with E-state index in [9.17, 15) is 19.5 Å². The highest BCUT2D eigenvalue weighted by Gasteiger charge is 2.39. The van der Waals surface area contributed by atoms with E-state index in [1.807, 2.05) is 12.1 Å². The number of hydrogen-bond acceptors (Lipinski definition) is 4. The molecule has 2 aromatic rings. The van der Waals surface area contributed by atoms with Crippen molar-refractivity contribution in [1.82, 2.24) is 10.2 Å². The van der Waals surface area contributed by atoms with Gasteiger partial charge in [0.25, 0.3) is 11.8 Å². The Labute approximate surface area is 175 Å². The Kier molecular flexibility index (Phi) is 5.84. The maximum Gasteiger partial charge on any atom is 0.261 e. The summed E-state index contributed by atoms with van der Waals surface area (Å²) in [5, 5.41) is 12.4. The summed E-state index contributed by atoms with van der Waals surface area (Å²) in [7, 11) is 0. The number of imide groups is 1. The van der Waals surface area contributed by atoms with Gasteiger partial charge in [0.1, 0.15) is 5.75 Å². The molecular weight excluding hydrogens is 380 g/mol. The van der Waals surface area contributed by atoms with Crippen molar-refractivity contribution in [3.63, 3.8) is 0 Å². The number of nitrogens with one attached hydrogen (secondary N) is 1. The van der Waals surface area contributed by atoms with Gasteiger partial charge < -0.3 is 10.4 Å². The molecule has 1 heterocycles. The van der Waals surface area contributed by atoms with E-state index in [2.05, 4.69) is 5.32 Å². The smallest absolute Gasteiger partial charge is 0.261 e. The molecule has 2 aliphatic rings. The Balaban J connectivity index is 1.37. The molecule has 1 aliphatic heterocycles. The molecule has 2 atom stereocenters. The lowest BCUT2D eigenvalue weighted by Crippen LogP contribution is -2.43. The van der Waals surface area contributed by atoms with E-state index in [1.165, 1.54) is 4.90 Å². The molecule has 0 aromatic heterocycles. The Bertz CT molecular complexity index is 919. The molecule has 1 saturated carbocycles. The number of benzene rings is 2. The molecule has 1 fully saturated rings. The van der Waals surface area contributed by atoms with Crippen molar-refractivity contribution < 1.29 is 19.5 Å². The van der Waals surface area contributed by atoms with Crippen molar-refractivity contribution in [3.8, 4) is 5.75 Å². The van der Waals surface area contributed by atoms with Crippen LogP contribution in [0.4, 0.5) is 0 Å². The number of amides is 3. The van der Waals surface area contributed by atoms with E-state index in [1.54, 1.807) is 36.4 Å². The lowest BCUT2D eigenvalue weighted by molar-refractivity contribution is -0.127. The zero-order valence-corrected chi connectivity index (χ0v) is 16.8. The first-order valence-electron chi connectivity index (χ1n) is 10.6. The Morgan fingerprint density at radius 3 is 2.27 bits per heavy atom. The van der Waals surface area contributed by atoms with Gasteiger partial charge in [-0.15, -0.1) is 0 Å². The Morgan fingerprint density at radius 1 is 0.967 bits per heavy atom. The van der Waals surface area contributed by atoms with Crippen LogP contribution in [-0.4, -0.2) is 40.8 Å². The molecule has 6 nitrogen and oxygen atoms in total. The van der Waals surface area contributed by atoms with Gasteiger partial charge in [0, 0.05) is 19.0 Å². The van der Waals surface area contributed by atoms with Crippen LogP contribution in [0.25, 0.3) is 0 Å². The second-order valence-corrected chi connectivity index (χ2v) is 8.12. The van der Waals surface area contributed by atoms with Crippen LogP contribution in [0.15, 0.2) is 48.5 Å². The first-order chi connectivity index (χ1) is 14.5. The Hall–Kier alpha value is -3.15. The van der Waals surface area contributed by atoms with Crippen LogP contribution in [0.2, 0.25) is 0 Å². The van der Waals surface area contributed by atoms with Gasteiger partial charge in [0.05, 0.1) is 11.1 Å². The van der Waals surface area contributed by atoms with Crippen molar-refractivity contribution in [1.29, 1.82) is 0 Å². The van der Waals surface area contributed by atoms with E-state index in [0.29, 0.717) is 30.6 Å². The van der Waals surface area contributed by atoms with Crippen LogP contribution in [0.3, 0.4) is 0 Å². The van der Waals surface area contributed by atoms with Crippen molar-refractivity contribution in [2.75, 3.05) is 13.1 Å². The van der Waals surface area contributed by atoms with Gasteiger partial charge in [-0.3, -0.25) is 19.3 Å². The van der Waals surface area contributed by atoms with Gasteiger partial charge in [-0.1, -0.05) is 37.1 Å². The number of rotatable bonds is 6. The predicted molar refractivity (Wildman–Crippen MR) is 112 cm³/mol.